The lowest BCUT2D eigenvalue weighted by Crippen LogP contribution is -2.13. The molecule has 0 amide bonds. The second-order valence-corrected chi connectivity index (χ2v) is 7.24. The summed E-state index contributed by atoms with van der Waals surface area (Å²) < 4.78 is 6.30. The standard InChI is InChI=1S/C24H20N4O2/c1-14-10-18(16(3)28-20-7-5-9-27-21(20)12-25)24-19(11-14)22(29)15(2)23(30-24)17-6-4-8-26-13-17/h4-11,13,16,28H,1-3H3. The number of hydrogen-bond acceptors (Lipinski definition) is 6. The van der Waals surface area contributed by atoms with E-state index in [0.717, 1.165) is 16.7 Å². The number of benzene rings is 1. The van der Waals surface area contributed by atoms with E-state index < -0.39 is 0 Å². The van der Waals surface area contributed by atoms with Crippen LogP contribution in [0.1, 0.15) is 35.3 Å². The number of nitriles is 1. The first-order valence-corrected chi connectivity index (χ1v) is 9.59. The summed E-state index contributed by atoms with van der Waals surface area (Å²) in [6.45, 7) is 5.68. The number of rotatable bonds is 4. The third kappa shape index (κ3) is 3.42. The summed E-state index contributed by atoms with van der Waals surface area (Å²) in [5, 5.41) is 13.2. The van der Waals surface area contributed by atoms with E-state index in [9.17, 15) is 10.1 Å². The fourth-order valence-electron chi connectivity index (χ4n) is 3.58. The molecule has 6 nitrogen and oxygen atoms in total. The highest BCUT2D eigenvalue weighted by Gasteiger charge is 2.19. The molecule has 0 aliphatic carbocycles. The SMILES string of the molecule is Cc1cc(C(C)Nc2cccnc2C#N)c2oc(-c3cccnc3)c(C)c(=O)c2c1. The van der Waals surface area contributed by atoms with Gasteiger partial charge in [-0.1, -0.05) is 6.07 Å². The minimum Gasteiger partial charge on any atom is -0.455 e. The van der Waals surface area contributed by atoms with Gasteiger partial charge in [-0.2, -0.15) is 5.26 Å². The third-order valence-corrected chi connectivity index (χ3v) is 5.07. The van der Waals surface area contributed by atoms with Gasteiger partial charge in [-0.3, -0.25) is 9.78 Å². The highest BCUT2D eigenvalue weighted by Crippen LogP contribution is 2.32. The first-order chi connectivity index (χ1) is 14.5. The zero-order chi connectivity index (χ0) is 21.3. The molecule has 1 unspecified atom stereocenters. The average Bonchev–Trinajstić information content (AvgIpc) is 2.77. The quantitative estimate of drug-likeness (QED) is 0.527. The molecule has 3 heterocycles. The van der Waals surface area contributed by atoms with Crippen LogP contribution in [-0.2, 0) is 0 Å². The molecule has 0 aliphatic heterocycles. The number of anilines is 1. The molecule has 0 saturated carbocycles. The number of fused-ring (bicyclic) bond motifs is 1. The molecular weight excluding hydrogens is 376 g/mol. The Morgan fingerprint density at radius 3 is 2.70 bits per heavy atom. The van der Waals surface area contributed by atoms with E-state index >= 15 is 0 Å². The third-order valence-electron chi connectivity index (χ3n) is 5.07. The van der Waals surface area contributed by atoms with Crippen molar-refractivity contribution in [1.82, 2.24) is 9.97 Å². The van der Waals surface area contributed by atoms with Crippen LogP contribution in [0.15, 0.2) is 64.2 Å². The molecular formula is C24H20N4O2. The highest BCUT2D eigenvalue weighted by molar-refractivity contribution is 5.84. The maximum absolute atomic E-state index is 13.2. The Morgan fingerprint density at radius 2 is 1.97 bits per heavy atom. The highest BCUT2D eigenvalue weighted by atomic mass is 16.3. The van der Waals surface area contributed by atoms with Crippen LogP contribution < -0.4 is 10.7 Å². The Kier molecular flexibility index (Phi) is 5.03. The summed E-state index contributed by atoms with van der Waals surface area (Å²) >= 11 is 0. The van der Waals surface area contributed by atoms with Crippen molar-refractivity contribution in [3.8, 4) is 17.4 Å². The fourth-order valence-corrected chi connectivity index (χ4v) is 3.58. The van der Waals surface area contributed by atoms with Gasteiger partial charge in [0.15, 0.2) is 11.1 Å². The predicted octanol–water partition coefficient (Wildman–Crippen LogP) is 4.91. The Balaban J connectivity index is 1.90. The van der Waals surface area contributed by atoms with Crippen LogP contribution in [0.3, 0.4) is 0 Å². The van der Waals surface area contributed by atoms with Crippen molar-refractivity contribution in [3.63, 3.8) is 0 Å². The minimum absolute atomic E-state index is 0.0636. The van der Waals surface area contributed by atoms with E-state index in [1.54, 1.807) is 37.6 Å². The number of pyridine rings is 2. The molecule has 1 N–H and O–H groups in total. The van der Waals surface area contributed by atoms with Crippen molar-refractivity contribution < 1.29 is 4.42 Å². The Morgan fingerprint density at radius 1 is 1.17 bits per heavy atom. The zero-order valence-electron chi connectivity index (χ0n) is 16.9. The topological polar surface area (TPSA) is 91.8 Å². The molecule has 0 radical (unpaired) electrons. The van der Waals surface area contributed by atoms with Gasteiger partial charge in [0.1, 0.15) is 17.4 Å². The maximum atomic E-state index is 13.2. The molecule has 6 heteroatoms. The first kappa shape index (κ1) is 19.3. The summed E-state index contributed by atoms with van der Waals surface area (Å²) in [7, 11) is 0. The molecule has 30 heavy (non-hydrogen) atoms. The number of hydrogen-bond donors (Lipinski definition) is 1. The lowest BCUT2D eigenvalue weighted by molar-refractivity contribution is 0.605. The van der Waals surface area contributed by atoms with Crippen LogP contribution in [-0.4, -0.2) is 9.97 Å². The lowest BCUT2D eigenvalue weighted by Gasteiger charge is -2.19. The van der Waals surface area contributed by atoms with E-state index in [-0.39, 0.29) is 11.5 Å². The Bertz CT molecular complexity index is 1340. The molecule has 0 fully saturated rings. The van der Waals surface area contributed by atoms with Crippen LogP contribution >= 0.6 is 0 Å². The van der Waals surface area contributed by atoms with Crippen LogP contribution in [0.5, 0.6) is 0 Å². The van der Waals surface area contributed by atoms with Crippen molar-refractivity contribution in [2.45, 2.75) is 26.8 Å². The largest absolute Gasteiger partial charge is 0.455 e. The van der Waals surface area contributed by atoms with Gasteiger partial charge in [-0.15, -0.1) is 0 Å². The Labute approximate surface area is 173 Å². The molecule has 0 spiro atoms. The maximum Gasteiger partial charge on any atom is 0.196 e. The molecule has 0 saturated heterocycles. The predicted molar refractivity (Wildman–Crippen MR) is 116 cm³/mol. The summed E-state index contributed by atoms with van der Waals surface area (Å²) in [4.78, 5) is 21.4. The van der Waals surface area contributed by atoms with E-state index in [1.807, 2.05) is 38.1 Å². The molecule has 148 valence electrons. The van der Waals surface area contributed by atoms with Crippen molar-refractivity contribution in [1.29, 1.82) is 5.26 Å². The monoisotopic (exact) mass is 396 g/mol. The van der Waals surface area contributed by atoms with E-state index in [4.69, 9.17) is 4.42 Å². The second-order valence-electron chi connectivity index (χ2n) is 7.24. The number of aryl methyl sites for hydroxylation is 1. The summed E-state index contributed by atoms with van der Waals surface area (Å²) in [6.07, 6.45) is 4.94. The normalized spacial score (nSPS) is 11.8. The van der Waals surface area contributed by atoms with Crippen molar-refractivity contribution in [3.05, 3.63) is 87.6 Å². The molecule has 4 rings (SSSR count). The summed E-state index contributed by atoms with van der Waals surface area (Å²) in [5.74, 6) is 0.511. The van der Waals surface area contributed by atoms with Crippen LogP contribution in [0.2, 0.25) is 0 Å². The van der Waals surface area contributed by atoms with Gasteiger partial charge in [-0.25, -0.2) is 4.98 Å². The molecule has 1 aromatic carbocycles. The molecule has 0 bridgehead atoms. The van der Waals surface area contributed by atoms with E-state index in [2.05, 4.69) is 21.4 Å². The second kappa shape index (κ2) is 7.80. The fraction of sp³-hybridized carbons (Fsp3) is 0.167. The van der Waals surface area contributed by atoms with Crippen LogP contribution in [0.25, 0.3) is 22.3 Å². The van der Waals surface area contributed by atoms with Gasteiger partial charge >= 0.3 is 0 Å². The van der Waals surface area contributed by atoms with Gasteiger partial charge < -0.3 is 9.73 Å². The van der Waals surface area contributed by atoms with Crippen LogP contribution in [0.4, 0.5) is 5.69 Å². The van der Waals surface area contributed by atoms with Gasteiger partial charge in [0.25, 0.3) is 0 Å². The number of nitrogens with one attached hydrogen (secondary N) is 1. The molecule has 3 aromatic heterocycles. The first-order valence-electron chi connectivity index (χ1n) is 9.59. The smallest absolute Gasteiger partial charge is 0.196 e. The van der Waals surface area contributed by atoms with Gasteiger partial charge in [0.2, 0.25) is 0 Å². The number of nitrogens with zero attached hydrogens (tertiary/aromatic N) is 3. The molecule has 4 aromatic rings. The number of aromatic nitrogens is 2. The van der Waals surface area contributed by atoms with Crippen molar-refractivity contribution in [2.24, 2.45) is 0 Å². The Hall–Kier alpha value is -3.98. The summed E-state index contributed by atoms with van der Waals surface area (Å²) in [5.41, 5.74) is 4.49. The minimum atomic E-state index is -0.226. The molecule has 0 aliphatic rings. The van der Waals surface area contributed by atoms with E-state index in [0.29, 0.717) is 33.7 Å². The molecule has 1 atom stereocenters. The lowest BCUT2D eigenvalue weighted by atomic mass is 9.99. The zero-order valence-corrected chi connectivity index (χ0v) is 16.9. The van der Waals surface area contributed by atoms with Gasteiger partial charge in [-0.05, 0) is 56.7 Å². The van der Waals surface area contributed by atoms with E-state index in [1.165, 1.54) is 0 Å². The average molecular weight is 396 g/mol. The van der Waals surface area contributed by atoms with Gasteiger partial charge in [0, 0.05) is 35.3 Å². The summed E-state index contributed by atoms with van der Waals surface area (Å²) in [6, 6.07) is 13.0. The van der Waals surface area contributed by atoms with Gasteiger partial charge in [0.05, 0.1) is 17.1 Å². The van der Waals surface area contributed by atoms with Crippen molar-refractivity contribution in [2.75, 3.05) is 5.32 Å². The van der Waals surface area contributed by atoms with Crippen molar-refractivity contribution >= 4 is 16.7 Å². The van der Waals surface area contributed by atoms with Crippen LogP contribution in [0, 0.1) is 25.2 Å².